The van der Waals surface area contributed by atoms with Crippen molar-refractivity contribution in [3.8, 4) is 6.01 Å². The Labute approximate surface area is 125 Å². The van der Waals surface area contributed by atoms with Crippen molar-refractivity contribution in [2.75, 3.05) is 29.9 Å². The van der Waals surface area contributed by atoms with Crippen LogP contribution in [0, 0.1) is 0 Å². The molecule has 7 nitrogen and oxygen atoms in total. The number of aromatic nitrogens is 3. The first-order valence-electron chi connectivity index (χ1n) is 7.68. The number of ether oxygens (including phenoxy) is 1. The molecule has 0 amide bonds. The normalized spacial score (nSPS) is 14.9. The fourth-order valence-electron chi connectivity index (χ4n) is 2.23. The average Bonchev–Trinajstić information content (AvgIpc) is 2.35. The van der Waals surface area contributed by atoms with Crippen molar-refractivity contribution in [1.82, 2.24) is 15.0 Å². The van der Waals surface area contributed by atoms with Gasteiger partial charge < -0.3 is 20.1 Å². The van der Waals surface area contributed by atoms with Gasteiger partial charge in [-0.2, -0.15) is 15.0 Å². The summed E-state index contributed by atoms with van der Waals surface area (Å²) in [7, 11) is 0. The maximum absolute atomic E-state index is 9.29. The van der Waals surface area contributed by atoms with Crippen molar-refractivity contribution >= 4 is 11.9 Å². The molecule has 1 aromatic heterocycles. The number of aliphatic hydroxyl groups is 1. The maximum atomic E-state index is 9.29. The van der Waals surface area contributed by atoms with E-state index < -0.39 is 0 Å². The number of nitrogens with zero attached hydrogens (tertiary/aromatic N) is 4. The second kappa shape index (κ2) is 7.40. The van der Waals surface area contributed by atoms with Crippen molar-refractivity contribution in [2.45, 2.75) is 52.2 Å². The molecule has 1 heterocycles. The first kappa shape index (κ1) is 15.8. The molecule has 0 bridgehead atoms. The van der Waals surface area contributed by atoms with Gasteiger partial charge in [-0.25, -0.2) is 0 Å². The van der Waals surface area contributed by atoms with E-state index >= 15 is 0 Å². The van der Waals surface area contributed by atoms with Crippen LogP contribution in [-0.2, 0) is 0 Å². The van der Waals surface area contributed by atoms with Crippen molar-refractivity contribution in [1.29, 1.82) is 0 Å². The summed E-state index contributed by atoms with van der Waals surface area (Å²) in [5.74, 6) is 1.09. The predicted molar refractivity (Wildman–Crippen MR) is 81.8 cm³/mol. The number of hydrogen-bond donors (Lipinski definition) is 2. The third kappa shape index (κ3) is 4.17. The van der Waals surface area contributed by atoms with Gasteiger partial charge in [-0.3, -0.25) is 0 Å². The van der Waals surface area contributed by atoms with Crippen LogP contribution in [0.4, 0.5) is 11.9 Å². The third-order valence-corrected chi connectivity index (χ3v) is 3.39. The smallest absolute Gasteiger partial charge is 0.323 e. The van der Waals surface area contributed by atoms with Crippen LogP contribution < -0.4 is 15.0 Å². The van der Waals surface area contributed by atoms with Gasteiger partial charge in [0.25, 0.3) is 0 Å². The molecule has 7 heteroatoms. The minimum absolute atomic E-state index is 0.00437. The molecule has 21 heavy (non-hydrogen) atoms. The van der Waals surface area contributed by atoms with Gasteiger partial charge in [-0.1, -0.05) is 0 Å². The van der Waals surface area contributed by atoms with Gasteiger partial charge in [-0.15, -0.1) is 0 Å². The summed E-state index contributed by atoms with van der Waals surface area (Å²) >= 11 is 0. The van der Waals surface area contributed by atoms with Crippen molar-refractivity contribution < 1.29 is 9.84 Å². The van der Waals surface area contributed by atoms with E-state index in [-0.39, 0.29) is 12.7 Å². The monoisotopic (exact) mass is 295 g/mol. The van der Waals surface area contributed by atoms with Crippen LogP contribution >= 0.6 is 0 Å². The molecule has 1 aliphatic carbocycles. The maximum Gasteiger partial charge on any atom is 0.323 e. The van der Waals surface area contributed by atoms with E-state index in [4.69, 9.17) is 4.74 Å². The van der Waals surface area contributed by atoms with E-state index in [1.807, 2.05) is 20.8 Å². The highest BCUT2D eigenvalue weighted by Gasteiger charge is 2.27. The summed E-state index contributed by atoms with van der Waals surface area (Å²) in [5.41, 5.74) is 0. The van der Waals surface area contributed by atoms with Crippen LogP contribution in [0.15, 0.2) is 0 Å². The van der Waals surface area contributed by atoms with Gasteiger partial charge >= 0.3 is 6.01 Å². The van der Waals surface area contributed by atoms with Crippen LogP contribution in [0.1, 0.15) is 40.0 Å². The lowest BCUT2D eigenvalue weighted by atomic mass is 9.92. The SMILES string of the molecule is CCNc1nc(OC(C)C)nc(N(CCO)C2CCC2)n1. The minimum atomic E-state index is 0.00437. The lowest BCUT2D eigenvalue weighted by Crippen LogP contribution is -2.43. The molecule has 0 aromatic carbocycles. The molecule has 1 fully saturated rings. The van der Waals surface area contributed by atoms with E-state index in [2.05, 4.69) is 25.2 Å². The zero-order chi connectivity index (χ0) is 15.2. The zero-order valence-corrected chi connectivity index (χ0v) is 13.0. The van der Waals surface area contributed by atoms with Crippen LogP contribution in [0.3, 0.4) is 0 Å². The highest BCUT2D eigenvalue weighted by molar-refractivity contribution is 5.40. The molecule has 2 N–H and O–H groups in total. The summed E-state index contributed by atoms with van der Waals surface area (Å²) in [6.45, 7) is 7.21. The first-order chi connectivity index (χ1) is 10.1. The molecule has 0 spiro atoms. The lowest BCUT2D eigenvalue weighted by Gasteiger charge is -2.37. The van der Waals surface area contributed by atoms with Crippen molar-refractivity contribution in [2.24, 2.45) is 0 Å². The van der Waals surface area contributed by atoms with E-state index in [9.17, 15) is 5.11 Å². The molecule has 1 aliphatic rings. The molecule has 2 rings (SSSR count). The number of anilines is 2. The van der Waals surface area contributed by atoms with Gasteiger partial charge in [0.15, 0.2) is 0 Å². The number of nitrogens with one attached hydrogen (secondary N) is 1. The molecule has 0 atom stereocenters. The number of aliphatic hydroxyl groups excluding tert-OH is 1. The average molecular weight is 295 g/mol. The fraction of sp³-hybridized carbons (Fsp3) is 0.786. The minimum Gasteiger partial charge on any atom is -0.461 e. The van der Waals surface area contributed by atoms with E-state index in [1.54, 1.807) is 0 Å². The summed E-state index contributed by atoms with van der Waals surface area (Å²) in [6, 6.07) is 0.731. The Kier molecular flexibility index (Phi) is 5.55. The van der Waals surface area contributed by atoms with Gasteiger partial charge in [0, 0.05) is 19.1 Å². The number of hydrogen-bond acceptors (Lipinski definition) is 7. The molecule has 1 saturated carbocycles. The van der Waals surface area contributed by atoms with E-state index in [0.717, 1.165) is 19.4 Å². The Morgan fingerprint density at radius 1 is 1.33 bits per heavy atom. The molecular formula is C14H25N5O2. The van der Waals surface area contributed by atoms with E-state index in [0.29, 0.717) is 30.5 Å². The Morgan fingerprint density at radius 3 is 2.62 bits per heavy atom. The molecule has 0 unspecified atom stereocenters. The van der Waals surface area contributed by atoms with Gasteiger partial charge in [0.05, 0.1) is 12.7 Å². The quantitative estimate of drug-likeness (QED) is 0.750. The van der Waals surface area contributed by atoms with Gasteiger partial charge in [-0.05, 0) is 40.0 Å². The van der Waals surface area contributed by atoms with Crippen LogP contribution in [0.2, 0.25) is 0 Å². The highest BCUT2D eigenvalue weighted by Crippen LogP contribution is 2.28. The summed E-state index contributed by atoms with van der Waals surface area (Å²) in [6.07, 6.45) is 3.45. The molecule has 0 radical (unpaired) electrons. The molecule has 1 aromatic rings. The Hall–Kier alpha value is -1.63. The Morgan fingerprint density at radius 2 is 2.10 bits per heavy atom. The van der Waals surface area contributed by atoms with Crippen LogP contribution in [0.25, 0.3) is 0 Å². The summed E-state index contributed by atoms with van der Waals surface area (Å²) < 4.78 is 5.61. The first-order valence-corrected chi connectivity index (χ1v) is 7.68. The van der Waals surface area contributed by atoms with Gasteiger partial charge in [0.1, 0.15) is 0 Å². The fourth-order valence-corrected chi connectivity index (χ4v) is 2.23. The molecular weight excluding hydrogens is 270 g/mol. The van der Waals surface area contributed by atoms with Crippen molar-refractivity contribution in [3.63, 3.8) is 0 Å². The van der Waals surface area contributed by atoms with E-state index in [1.165, 1.54) is 6.42 Å². The summed E-state index contributed by atoms with van der Waals surface area (Å²) in [4.78, 5) is 15.2. The second-order valence-electron chi connectivity index (χ2n) is 5.44. The number of rotatable bonds is 8. The van der Waals surface area contributed by atoms with Crippen LogP contribution in [0.5, 0.6) is 6.01 Å². The topological polar surface area (TPSA) is 83.4 Å². The lowest BCUT2D eigenvalue weighted by molar-refractivity contribution is 0.221. The Bertz CT molecular complexity index is 451. The summed E-state index contributed by atoms with van der Waals surface area (Å²) in [5, 5.41) is 12.4. The molecule has 118 valence electrons. The molecule has 0 aliphatic heterocycles. The Balaban J connectivity index is 2.27. The largest absolute Gasteiger partial charge is 0.461 e. The predicted octanol–water partition coefficient (Wildman–Crippen LogP) is 1.44. The van der Waals surface area contributed by atoms with Crippen molar-refractivity contribution in [3.05, 3.63) is 0 Å². The zero-order valence-electron chi connectivity index (χ0n) is 13.0. The molecule has 0 saturated heterocycles. The second-order valence-corrected chi connectivity index (χ2v) is 5.44. The van der Waals surface area contributed by atoms with Crippen LogP contribution in [-0.4, -0.2) is 51.9 Å². The third-order valence-electron chi connectivity index (χ3n) is 3.39. The standard InChI is InChI=1S/C14H25N5O2/c1-4-15-12-16-13(18-14(17-12)21-10(2)3)19(8-9-20)11-6-5-7-11/h10-11,20H,4-9H2,1-3H3,(H,15,16,17,18). The highest BCUT2D eigenvalue weighted by atomic mass is 16.5. The van der Waals surface area contributed by atoms with Gasteiger partial charge in [0.2, 0.25) is 11.9 Å².